The van der Waals surface area contributed by atoms with Gasteiger partial charge in [-0.3, -0.25) is 19.9 Å². The number of carbonyl (C=O) groups excluding carboxylic acids is 1. The number of aromatic nitrogens is 7. The molecule has 0 radical (unpaired) electrons. The van der Waals surface area contributed by atoms with Crippen LogP contribution in [0.3, 0.4) is 0 Å². The topological polar surface area (TPSA) is 125 Å². The van der Waals surface area contributed by atoms with Crippen molar-refractivity contribution in [3.8, 4) is 33.8 Å². The molecule has 6 rings (SSSR count). The van der Waals surface area contributed by atoms with Gasteiger partial charge >= 0.3 is 0 Å². The predicted molar refractivity (Wildman–Crippen MR) is 139 cm³/mol. The molecular formula is C27H21FN8O. The summed E-state index contributed by atoms with van der Waals surface area (Å²) in [6, 6.07) is 10.1. The number of rotatable bonds is 5. The van der Waals surface area contributed by atoms with Gasteiger partial charge in [-0.25, -0.2) is 14.4 Å². The molecule has 10 heteroatoms. The monoisotopic (exact) mass is 492 g/mol. The SMILES string of the molecule is CC(C)C(=O)Nc1cncc(-c2cnc3n[nH]c(-c4nc5c(-c6cccc(F)c6)cncc5[nH]4)c3c2)c1. The van der Waals surface area contributed by atoms with Gasteiger partial charge in [0.1, 0.15) is 11.5 Å². The minimum atomic E-state index is -0.328. The third-order valence-electron chi connectivity index (χ3n) is 6.04. The number of H-pyrrole nitrogens is 2. The standard InChI is InChI=1S/C27H21FN8O/c1-14(2)27(37)32-19-7-16(9-29-11-19)17-8-20-24(35-36-25(20)31-10-17)26-33-22-13-30-12-21(23(22)34-26)15-4-3-5-18(28)6-15/h3-14H,1-2H3,(H,32,37)(H,33,34)(H,31,35,36). The van der Waals surface area contributed by atoms with E-state index in [9.17, 15) is 9.18 Å². The first-order valence-electron chi connectivity index (χ1n) is 11.7. The van der Waals surface area contributed by atoms with Crippen LogP contribution < -0.4 is 5.32 Å². The van der Waals surface area contributed by atoms with Crippen LogP contribution in [0.2, 0.25) is 0 Å². The van der Waals surface area contributed by atoms with Crippen molar-refractivity contribution in [2.24, 2.45) is 5.92 Å². The third-order valence-corrected chi connectivity index (χ3v) is 6.04. The number of amides is 1. The quantitative estimate of drug-likeness (QED) is 0.298. The van der Waals surface area contributed by atoms with Crippen LogP contribution in [0.1, 0.15) is 13.8 Å². The molecule has 0 aliphatic rings. The van der Waals surface area contributed by atoms with Gasteiger partial charge in [-0.05, 0) is 29.8 Å². The van der Waals surface area contributed by atoms with E-state index in [1.165, 1.54) is 12.1 Å². The summed E-state index contributed by atoms with van der Waals surface area (Å²) in [4.78, 5) is 33.3. The molecule has 6 aromatic rings. The molecule has 0 fully saturated rings. The smallest absolute Gasteiger partial charge is 0.226 e. The number of nitrogens with one attached hydrogen (secondary N) is 3. The van der Waals surface area contributed by atoms with Crippen LogP contribution >= 0.6 is 0 Å². The van der Waals surface area contributed by atoms with Crippen LogP contribution in [0, 0.1) is 11.7 Å². The van der Waals surface area contributed by atoms with Crippen LogP contribution in [0.5, 0.6) is 0 Å². The fourth-order valence-electron chi connectivity index (χ4n) is 4.11. The molecule has 3 N–H and O–H groups in total. The number of imidazole rings is 1. The minimum absolute atomic E-state index is 0.0818. The van der Waals surface area contributed by atoms with E-state index in [4.69, 9.17) is 4.98 Å². The lowest BCUT2D eigenvalue weighted by Gasteiger charge is -2.09. The van der Waals surface area contributed by atoms with Gasteiger partial charge in [0.25, 0.3) is 0 Å². The Kier molecular flexibility index (Phi) is 5.41. The van der Waals surface area contributed by atoms with Gasteiger partial charge in [0, 0.05) is 41.2 Å². The van der Waals surface area contributed by atoms with Crippen molar-refractivity contribution in [1.82, 2.24) is 35.1 Å². The lowest BCUT2D eigenvalue weighted by molar-refractivity contribution is -0.118. The van der Waals surface area contributed by atoms with E-state index in [0.717, 1.165) is 16.5 Å². The van der Waals surface area contributed by atoms with Crippen molar-refractivity contribution in [3.63, 3.8) is 0 Å². The Morgan fingerprint density at radius 2 is 1.81 bits per heavy atom. The van der Waals surface area contributed by atoms with E-state index in [2.05, 4.69) is 35.5 Å². The summed E-state index contributed by atoms with van der Waals surface area (Å²) < 4.78 is 13.9. The van der Waals surface area contributed by atoms with E-state index in [1.54, 1.807) is 37.1 Å². The van der Waals surface area contributed by atoms with Crippen molar-refractivity contribution >= 4 is 33.7 Å². The molecule has 0 spiro atoms. The molecule has 5 aromatic heterocycles. The lowest BCUT2D eigenvalue weighted by Crippen LogP contribution is -2.17. The fraction of sp³-hybridized carbons (Fsp3) is 0.111. The van der Waals surface area contributed by atoms with Crippen molar-refractivity contribution < 1.29 is 9.18 Å². The highest BCUT2D eigenvalue weighted by Gasteiger charge is 2.17. The van der Waals surface area contributed by atoms with Crippen molar-refractivity contribution in [1.29, 1.82) is 0 Å². The number of pyridine rings is 3. The summed E-state index contributed by atoms with van der Waals surface area (Å²) in [6.45, 7) is 3.67. The molecule has 9 nitrogen and oxygen atoms in total. The molecule has 0 bridgehead atoms. The Balaban J connectivity index is 1.41. The summed E-state index contributed by atoms with van der Waals surface area (Å²) in [6.07, 6.45) is 8.38. The number of halogens is 1. The number of hydrogen-bond acceptors (Lipinski definition) is 6. The number of fused-ring (bicyclic) bond motifs is 2. The first-order chi connectivity index (χ1) is 18.0. The lowest BCUT2D eigenvalue weighted by atomic mass is 10.1. The zero-order valence-electron chi connectivity index (χ0n) is 20.0. The molecule has 1 aromatic carbocycles. The van der Waals surface area contributed by atoms with E-state index in [1.807, 2.05) is 32.0 Å². The molecular weight excluding hydrogens is 471 g/mol. The van der Waals surface area contributed by atoms with Gasteiger partial charge in [-0.15, -0.1) is 0 Å². The normalized spacial score (nSPS) is 11.5. The average molecular weight is 493 g/mol. The van der Waals surface area contributed by atoms with Crippen LogP contribution in [0.4, 0.5) is 10.1 Å². The van der Waals surface area contributed by atoms with Crippen LogP contribution in [-0.4, -0.2) is 41.0 Å². The first kappa shape index (κ1) is 22.5. The number of benzene rings is 1. The highest BCUT2D eigenvalue weighted by Crippen LogP contribution is 2.32. The molecule has 5 heterocycles. The van der Waals surface area contributed by atoms with Crippen molar-refractivity contribution in [2.45, 2.75) is 13.8 Å². The molecule has 0 saturated heterocycles. The fourth-order valence-corrected chi connectivity index (χ4v) is 4.11. The highest BCUT2D eigenvalue weighted by atomic mass is 19.1. The van der Waals surface area contributed by atoms with Gasteiger partial charge in [-0.2, -0.15) is 5.10 Å². The molecule has 37 heavy (non-hydrogen) atoms. The van der Waals surface area contributed by atoms with E-state index in [-0.39, 0.29) is 17.6 Å². The second-order valence-corrected chi connectivity index (χ2v) is 8.98. The number of hydrogen-bond donors (Lipinski definition) is 3. The van der Waals surface area contributed by atoms with Gasteiger partial charge in [-0.1, -0.05) is 26.0 Å². The molecule has 0 aliphatic heterocycles. The van der Waals surface area contributed by atoms with Gasteiger partial charge in [0.15, 0.2) is 11.5 Å². The number of carbonyl (C=O) groups is 1. The summed E-state index contributed by atoms with van der Waals surface area (Å²) in [5.74, 6) is 0.00108. The molecule has 0 aliphatic carbocycles. The van der Waals surface area contributed by atoms with Crippen LogP contribution in [0.25, 0.3) is 55.8 Å². The zero-order chi connectivity index (χ0) is 25.5. The predicted octanol–water partition coefficient (Wildman–Crippen LogP) is 5.36. The average Bonchev–Trinajstić information content (AvgIpc) is 3.52. The summed E-state index contributed by atoms with van der Waals surface area (Å²) >= 11 is 0. The minimum Gasteiger partial charge on any atom is -0.335 e. The van der Waals surface area contributed by atoms with Crippen LogP contribution in [0.15, 0.2) is 67.4 Å². The zero-order valence-corrected chi connectivity index (χ0v) is 20.0. The first-order valence-corrected chi connectivity index (χ1v) is 11.7. The van der Waals surface area contributed by atoms with E-state index < -0.39 is 0 Å². The maximum atomic E-state index is 13.9. The Bertz CT molecular complexity index is 1790. The highest BCUT2D eigenvalue weighted by molar-refractivity contribution is 5.97. The van der Waals surface area contributed by atoms with E-state index >= 15 is 0 Å². The third kappa shape index (κ3) is 4.18. The second-order valence-electron chi connectivity index (χ2n) is 8.98. The Labute approximate surface area is 210 Å². The number of aromatic amines is 2. The van der Waals surface area contributed by atoms with E-state index in [0.29, 0.717) is 45.0 Å². The largest absolute Gasteiger partial charge is 0.335 e. The number of anilines is 1. The van der Waals surface area contributed by atoms with Crippen LogP contribution in [-0.2, 0) is 4.79 Å². The van der Waals surface area contributed by atoms with Gasteiger partial charge in [0.2, 0.25) is 5.91 Å². The molecule has 1 amide bonds. The second kappa shape index (κ2) is 8.90. The van der Waals surface area contributed by atoms with Crippen molar-refractivity contribution in [2.75, 3.05) is 5.32 Å². The Morgan fingerprint density at radius 1 is 0.973 bits per heavy atom. The van der Waals surface area contributed by atoms with Gasteiger partial charge in [0.05, 0.1) is 34.5 Å². The summed E-state index contributed by atoms with van der Waals surface area (Å²) in [5, 5.41) is 11.0. The summed E-state index contributed by atoms with van der Waals surface area (Å²) in [5.41, 5.74) is 6.18. The Morgan fingerprint density at radius 3 is 2.65 bits per heavy atom. The molecule has 0 unspecified atom stereocenters. The Hall–Kier alpha value is -4.99. The summed E-state index contributed by atoms with van der Waals surface area (Å²) in [7, 11) is 0. The molecule has 182 valence electrons. The molecule has 0 saturated carbocycles. The van der Waals surface area contributed by atoms with Crippen molar-refractivity contribution in [3.05, 3.63) is 73.2 Å². The maximum absolute atomic E-state index is 13.9. The maximum Gasteiger partial charge on any atom is 0.226 e. The number of nitrogens with zero attached hydrogens (tertiary/aromatic N) is 5. The molecule has 0 atom stereocenters. The van der Waals surface area contributed by atoms with Gasteiger partial charge < -0.3 is 10.3 Å².